The topological polar surface area (TPSA) is 45.2 Å². The molecule has 3 aromatic rings. The molecule has 1 atom stereocenters. The van der Waals surface area contributed by atoms with Crippen LogP contribution in [0.4, 0.5) is 5.69 Å². The van der Waals surface area contributed by atoms with Crippen LogP contribution in [0.5, 0.6) is 0 Å². The first-order valence-electron chi connectivity index (χ1n) is 9.12. The van der Waals surface area contributed by atoms with Crippen molar-refractivity contribution in [2.45, 2.75) is 25.7 Å². The number of aryl methyl sites for hydroxylation is 1. The second kappa shape index (κ2) is 7.56. The number of likely N-dealkylation sites (tertiary alicyclic amines) is 1. The van der Waals surface area contributed by atoms with Gasteiger partial charge in [-0.15, -0.1) is 11.3 Å². The van der Waals surface area contributed by atoms with Crippen molar-refractivity contribution < 1.29 is 4.79 Å². The molecular weight excluding hydrogens is 342 g/mol. The van der Waals surface area contributed by atoms with Crippen LogP contribution in [0, 0.1) is 6.92 Å². The molecule has 4 nitrogen and oxygen atoms in total. The molecule has 1 aliphatic heterocycles. The van der Waals surface area contributed by atoms with Gasteiger partial charge in [0, 0.05) is 18.2 Å². The Kier molecular flexibility index (Phi) is 5.00. The summed E-state index contributed by atoms with van der Waals surface area (Å²) in [4.78, 5) is 19.5. The van der Waals surface area contributed by atoms with Crippen molar-refractivity contribution in [1.82, 2.24) is 9.88 Å². The summed E-state index contributed by atoms with van der Waals surface area (Å²) in [5, 5.41) is 4.24. The lowest BCUT2D eigenvalue weighted by atomic mass is 9.99. The molecule has 5 heteroatoms. The van der Waals surface area contributed by atoms with Crippen molar-refractivity contribution in [1.29, 1.82) is 0 Å². The number of fused-ring (bicyclic) bond motifs is 1. The number of thiazole rings is 1. The summed E-state index contributed by atoms with van der Waals surface area (Å²) in [6.07, 6.45) is 2.26. The van der Waals surface area contributed by atoms with Gasteiger partial charge < -0.3 is 5.32 Å². The van der Waals surface area contributed by atoms with E-state index in [1.165, 1.54) is 9.71 Å². The molecule has 1 aromatic heterocycles. The molecule has 1 N–H and O–H groups in total. The molecule has 2 aromatic carbocycles. The van der Waals surface area contributed by atoms with Gasteiger partial charge in [0.2, 0.25) is 5.91 Å². The van der Waals surface area contributed by atoms with Gasteiger partial charge in [-0.05, 0) is 50.1 Å². The lowest BCUT2D eigenvalue weighted by Crippen LogP contribution is -2.39. The number of carbonyl (C=O) groups excluding carboxylic acids is 1. The molecule has 0 spiro atoms. The third-order valence-electron chi connectivity index (χ3n) is 4.95. The minimum Gasteiger partial charge on any atom is -0.325 e. The summed E-state index contributed by atoms with van der Waals surface area (Å²) >= 11 is 1.79. The fourth-order valence-corrected chi connectivity index (χ4v) is 4.66. The van der Waals surface area contributed by atoms with Crippen LogP contribution in [-0.4, -0.2) is 35.4 Å². The number of carbonyl (C=O) groups is 1. The minimum atomic E-state index is 0.0595. The van der Waals surface area contributed by atoms with Crippen molar-refractivity contribution in [3.63, 3.8) is 0 Å². The molecule has 0 radical (unpaired) electrons. The quantitative estimate of drug-likeness (QED) is 0.744. The van der Waals surface area contributed by atoms with E-state index in [0.717, 1.165) is 42.7 Å². The van der Waals surface area contributed by atoms with Gasteiger partial charge in [-0.25, -0.2) is 4.98 Å². The van der Waals surface area contributed by atoms with Crippen molar-refractivity contribution in [3.8, 4) is 0 Å². The van der Waals surface area contributed by atoms with Gasteiger partial charge in [0.25, 0.3) is 0 Å². The minimum absolute atomic E-state index is 0.0595. The van der Waals surface area contributed by atoms with Crippen molar-refractivity contribution in [2.24, 2.45) is 0 Å². The maximum atomic E-state index is 12.5. The van der Waals surface area contributed by atoms with Gasteiger partial charge in [0.1, 0.15) is 0 Å². The van der Waals surface area contributed by atoms with Crippen molar-refractivity contribution in [2.75, 3.05) is 25.0 Å². The van der Waals surface area contributed by atoms with Crippen LogP contribution in [0.2, 0.25) is 0 Å². The molecule has 1 saturated heterocycles. The second-order valence-corrected chi connectivity index (χ2v) is 8.02. The highest BCUT2D eigenvalue weighted by Gasteiger charge is 2.25. The lowest BCUT2D eigenvalue weighted by Gasteiger charge is -2.31. The van der Waals surface area contributed by atoms with Gasteiger partial charge in [-0.3, -0.25) is 9.69 Å². The molecule has 0 unspecified atom stereocenters. The van der Waals surface area contributed by atoms with Crippen LogP contribution in [0.15, 0.2) is 48.5 Å². The van der Waals surface area contributed by atoms with Gasteiger partial charge in [0.15, 0.2) is 0 Å². The maximum absolute atomic E-state index is 12.5. The summed E-state index contributed by atoms with van der Waals surface area (Å²) in [6, 6.07) is 16.2. The third kappa shape index (κ3) is 3.79. The number of hydrogen-bond donors (Lipinski definition) is 1. The first-order valence-corrected chi connectivity index (χ1v) is 9.94. The Bertz CT molecular complexity index is 887. The number of nitrogens with one attached hydrogen (secondary N) is 1. The summed E-state index contributed by atoms with van der Waals surface area (Å²) < 4.78 is 1.25. The Morgan fingerprint density at radius 2 is 2.04 bits per heavy atom. The standard InChI is InChI=1S/C21H23N3OS/c1-15-7-2-3-9-17(15)22-20(25)14-24-12-6-8-16(13-24)21-23-18-10-4-5-11-19(18)26-21/h2-5,7,9-11,16H,6,8,12-14H2,1H3,(H,22,25)/t16-/m1/s1. The molecule has 1 fully saturated rings. The van der Waals surface area contributed by atoms with Crippen LogP contribution in [-0.2, 0) is 4.79 Å². The molecule has 2 heterocycles. The zero-order chi connectivity index (χ0) is 17.9. The van der Waals surface area contributed by atoms with E-state index in [-0.39, 0.29) is 5.91 Å². The second-order valence-electron chi connectivity index (χ2n) is 6.96. The van der Waals surface area contributed by atoms with E-state index in [9.17, 15) is 4.79 Å². The number of para-hydroxylation sites is 2. The fraction of sp³-hybridized carbons (Fsp3) is 0.333. The highest BCUT2D eigenvalue weighted by molar-refractivity contribution is 7.18. The van der Waals surface area contributed by atoms with Crippen LogP contribution >= 0.6 is 11.3 Å². The van der Waals surface area contributed by atoms with Crippen LogP contribution in [0.3, 0.4) is 0 Å². The number of amides is 1. The first kappa shape index (κ1) is 17.2. The molecule has 1 aliphatic rings. The molecule has 4 rings (SSSR count). The van der Waals surface area contributed by atoms with E-state index in [2.05, 4.69) is 28.4 Å². The number of hydrogen-bond acceptors (Lipinski definition) is 4. The largest absolute Gasteiger partial charge is 0.325 e. The normalized spacial score (nSPS) is 18.1. The summed E-state index contributed by atoms with van der Waals surface area (Å²) in [5.41, 5.74) is 3.07. The molecule has 0 saturated carbocycles. The first-order chi connectivity index (χ1) is 12.7. The Labute approximate surface area is 157 Å². The molecule has 1 amide bonds. The van der Waals surface area contributed by atoms with E-state index in [1.807, 2.05) is 37.3 Å². The van der Waals surface area contributed by atoms with Crippen LogP contribution in [0.25, 0.3) is 10.2 Å². The van der Waals surface area contributed by atoms with E-state index < -0.39 is 0 Å². The zero-order valence-electron chi connectivity index (χ0n) is 14.9. The van der Waals surface area contributed by atoms with Crippen LogP contribution in [0.1, 0.15) is 29.3 Å². The SMILES string of the molecule is Cc1ccccc1NC(=O)CN1CCC[C@@H](c2nc3ccccc3s2)C1. The molecule has 26 heavy (non-hydrogen) atoms. The van der Waals surface area contributed by atoms with E-state index in [1.54, 1.807) is 11.3 Å². The van der Waals surface area contributed by atoms with E-state index in [0.29, 0.717) is 12.5 Å². The van der Waals surface area contributed by atoms with Crippen molar-refractivity contribution in [3.05, 3.63) is 59.1 Å². The number of nitrogens with zero attached hydrogens (tertiary/aromatic N) is 2. The highest BCUT2D eigenvalue weighted by Crippen LogP contribution is 2.32. The summed E-state index contributed by atoms with van der Waals surface area (Å²) in [7, 11) is 0. The smallest absolute Gasteiger partial charge is 0.238 e. The molecular formula is C21H23N3OS. The number of rotatable bonds is 4. The highest BCUT2D eigenvalue weighted by atomic mass is 32.1. The fourth-order valence-electron chi connectivity index (χ4n) is 3.57. The van der Waals surface area contributed by atoms with Gasteiger partial charge in [-0.2, -0.15) is 0 Å². The Hall–Kier alpha value is -2.24. The van der Waals surface area contributed by atoms with Crippen LogP contribution < -0.4 is 5.32 Å². The number of benzene rings is 2. The van der Waals surface area contributed by atoms with E-state index >= 15 is 0 Å². The molecule has 0 aliphatic carbocycles. The van der Waals surface area contributed by atoms with Gasteiger partial charge >= 0.3 is 0 Å². The molecule has 134 valence electrons. The monoisotopic (exact) mass is 365 g/mol. The average Bonchev–Trinajstić information content (AvgIpc) is 3.08. The number of anilines is 1. The summed E-state index contributed by atoms with van der Waals surface area (Å²) in [6.45, 7) is 4.33. The predicted molar refractivity (Wildman–Crippen MR) is 108 cm³/mol. The van der Waals surface area contributed by atoms with Gasteiger partial charge in [-0.1, -0.05) is 30.3 Å². The maximum Gasteiger partial charge on any atom is 0.238 e. The van der Waals surface area contributed by atoms with Gasteiger partial charge in [0.05, 0.1) is 21.8 Å². The Morgan fingerprint density at radius 3 is 2.88 bits per heavy atom. The number of piperidine rings is 1. The Balaban J connectivity index is 1.40. The molecule has 0 bridgehead atoms. The van der Waals surface area contributed by atoms with E-state index in [4.69, 9.17) is 4.98 Å². The predicted octanol–water partition coefficient (Wildman–Crippen LogP) is 4.42. The lowest BCUT2D eigenvalue weighted by molar-refractivity contribution is -0.117. The Morgan fingerprint density at radius 1 is 1.23 bits per heavy atom. The zero-order valence-corrected chi connectivity index (χ0v) is 15.8. The summed E-state index contributed by atoms with van der Waals surface area (Å²) in [5.74, 6) is 0.483. The third-order valence-corrected chi connectivity index (χ3v) is 6.15. The number of aromatic nitrogens is 1. The van der Waals surface area contributed by atoms with Crippen molar-refractivity contribution >= 4 is 33.1 Å². The average molecular weight is 366 g/mol.